The number of carboxylic acids is 1. The van der Waals surface area contributed by atoms with Crippen LogP contribution in [0.3, 0.4) is 0 Å². The van der Waals surface area contributed by atoms with Crippen molar-refractivity contribution in [2.75, 3.05) is 26.2 Å². The van der Waals surface area contributed by atoms with Gasteiger partial charge in [0.15, 0.2) is 0 Å². The van der Waals surface area contributed by atoms with E-state index in [1.165, 1.54) is 0 Å². The van der Waals surface area contributed by atoms with Crippen LogP contribution in [-0.2, 0) is 20.8 Å². The highest BCUT2D eigenvalue weighted by molar-refractivity contribution is 5.88. The highest BCUT2D eigenvalue weighted by Crippen LogP contribution is 2.24. The van der Waals surface area contributed by atoms with Crippen molar-refractivity contribution in [3.8, 4) is 5.75 Å². The summed E-state index contributed by atoms with van der Waals surface area (Å²) < 4.78 is 0. The first kappa shape index (κ1) is 26.0. The molecule has 8 heteroatoms. The van der Waals surface area contributed by atoms with Gasteiger partial charge < -0.3 is 25.7 Å². The molecule has 188 valence electrons. The number of rotatable bonds is 10. The fourth-order valence-electron chi connectivity index (χ4n) is 5.09. The van der Waals surface area contributed by atoms with Crippen molar-refractivity contribution in [3.05, 3.63) is 29.3 Å². The normalized spacial score (nSPS) is 18.4. The number of phenols is 1. The number of hydrogen-bond acceptors (Lipinski definition) is 5. The van der Waals surface area contributed by atoms with E-state index in [0.29, 0.717) is 44.2 Å². The lowest BCUT2D eigenvalue weighted by atomic mass is 9.91. The van der Waals surface area contributed by atoms with E-state index < -0.39 is 12.0 Å². The van der Waals surface area contributed by atoms with Crippen LogP contribution in [0.4, 0.5) is 0 Å². The maximum Gasteiger partial charge on any atom is 0.303 e. The van der Waals surface area contributed by atoms with Crippen molar-refractivity contribution in [2.45, 2.75) is 70.8 Å². The van der Waals surface area contributed by atoms with E-state index in [0.717, 1.165) is 56.3 Å². The average Bonchev–Trinajstić information content (AvgIpc) is 2.83. The maximum atomic E-state index is 13.5. The third-order valence-corrected chi connectivity index (χ3v) is 7.31. The lowest BCUT2D eigenvalue weighted by Gasteiger charge is -2.34. The first-order valence-electron chi connectivity index (χ1n) is 12.6. The van der Waals surface area contributed by atoms with E-state index in [1.807, 2.05) is 17.9 Å². The molecule has 0 spiro atoms. The van der Waals surface area contributed by atoms with E-state index in [-0.39, 0.29) is 24.0 Å². The topological polar surface area (TPSA) is 119 Å². The number of nitrogens with zero attached hydrogens (tertiary/aromatic N) is 1. The molecule has 1 aromatic rings. The number of carbonyl (C=O) groups excluding carboxylic acids is 2. The van der Waals surface area contributed by atoms with Crippen LogP contribution in [0.15, 0.2) is 18.2 Å². The molecule has 3 rings (SSSR count). The molecular formula is C26H39N3O5. The molecular weight excluding hydrogens is 434 g/mol. The highest BCUT2D eigenvalue weighted by Gasteiger charge is 2.30. The minimum absolute atomic E-state index is 0.0839. The first-order valence-corrected chi connectivity index (χ1v) is 12.6. The summed E-state index contributed by atoms with van der Waals surface area (Å²) in [4.78, 5) is 38.9. The maximum absolute atomic E-state index is 13.5. The number of aromatic hydroxyl groups is 1. The zero-order chi connectivity index (χ0) is 24.5. The fourth-order valence-corrected chi connectivity index (χ4v) is 5.09. The Bertz CT molecular complexity index is 845. The second-order valence-electron chi connectivity index (χ2n) is 9.87. The second-order valence-corrected chi connectivity index (χ2v) is 9.87. The molecule has 34 heavy (non-hydrogen) atoms. The van der Waals surface area contributed by atoms with E-state index in [4.69, 9.17) is 5.11 Å². The first-order chi connectivity index (χ1) is 16.3. The van der Waals surface area contributed by atoms with Gasteiger partial charge in [0.25, 0.3) is 0 Å². The molecule has 0 unspecified atom stereocenters. The lowest BCUT2D eigenvalue weighted by Crippen LogP contribution is -2.51. The molecule has 0 radical (unpaired) electrons. The molecule has 2 amide bonds. The average molecular weight is 474 g/mol. The van der Waals surface area contributed by atoms with Gasteiger partial charge in [0.1, 0.15) is 11.8 Å². The van der Waals surface area contributed by atoms with Crippen molar-refractivity contribution >= 4 is 17.8 Å². The number of phenolic OH excluding ortho intramolecular Hbond substituents is 1. The molecule has 2 aliphatic heterocycles. The van der Waals surface area contributed by atoms with Gasteiger partial charge in [-0.1, -0.05) is 6.07 Å². The van der Waals surface area contributed by atoms with E-state index >= 15 is 0 Å². The zero-order valence-electron chi connectivity index (χ0n) is 20.2. The van der Waals surface area contributed by atoms with E-state index in [2.05, 4.69) is 10.6 Å². The SMILES string of the molecule is Cc1cc(O)ccc1C[C@H](NC(=O)CCC1CCNCC1)C(=O)N1CCC(CCC(=O)O)CC1. The summed E-state index contributed by atoms with van der Waals surface area (Å²) in [6.45, 7) is 5.05. The Morgan fingerprint density at radius 3 is 2.35 bits per heavy atom. The minimum Gasteiger partial charge on any atom is -0.508 e. The molecule has 0 bridgehead atoms. The van der Waals surface area contributed by atoms with Crippen LogP contribution in [0, 0.1) is 18.8 Å². The van der Waals surface area contributed by atoms with Crippen LogP contribution in [0.25, 0.3) is 0 Å². The number of benzene rings is 1. The summed E-state index contributed by atoms with van der Waals surface area (Å²) in [5.74, 6) is 0.0838. The molecule has 1 atom stereocenters. The molecule has 2 fully saturated rings. The van der Waals surface area contributed by atoms with Crippen LogP contribution in [0.2, 0.25) is 0 Å². The summed E-state index contributed by atoms with van der Waals surface area (Å²) in [6.07, 6.45) is 6.17. The van der Waals surface area contributed by atoms with Crippen LogP contribution in [0.1, 0.15) is 62.5 Å². The predicted molar refractivity (Wildman–Crippen MR) is 129 cm³/mol. The number of carboxylic acid groups (broad SMARTS) is 1. The third-order valence-electron chi connectivity index (χ3n) is 7.31. The Kier molecular flexibility index (Phi) is 9.74. The van der Waals surface area contributed by atoms with Crippen molar-refractivity contribution in [1.82, 2.24) is 15.5 Å². The van der Waals surface area contributed by atoms with Gasteiger partial charge in [-0.2, -0.15) is 0 Å². The molecule has 0 aromatic heterocycles. The van der Waals surface area contributed by atoms with Crippen molar-refractivity contribution < 1.29 is 24.6 Å². The highest BCUT2D eigenvalue weighted by atomic mass is 16.4. The van der Waals surface area contributed by atoms with Gasteiger partial charge in [-0.05, 0) is 93.6 Å². The summed E-state index contributed by atoms with van der Waals surface area (Å²) in [6, 6.07) is 4.43. The lowest BCUT2D eigenvalue weighted by molar-refractivity contribution is -0.139. The summed E-state index contributed by atoms with van der Waals surface area (Å²) in [5, 5.41) is 25.0. The standard InChI is InChI=1S/C26H39N3O5/c1-18-16-22(30)5-4-21(18)17-23(28-24(31)6-2-19-8-12-27-13-9-19)26(34)29-14-10-20(11-15-29)3-7-25(32)33/h4-5,16,19-20,23,27,30H,2-3,6-15,17H2,1H3,(H,28,31)(H,32,33)/t23-/m0/s1. The Hall–Kier alpha value is -2.61. The Balaban J connectivity index is 1.61. The molecule has 2 saturated heterocycles. The number of aliphatic carboxylic acids is 1. The number of aryl methyl sites for hydroxylation is 1. The van der Waals surface area contributed by atoms with Gasteiger partial charge in [0.05, 0.1) is 0 Å². The number of piperidine rings is 2. The summed E-state index contributed by atoms with van der Waals surface area (Å²) >= 11 is 0. The Morgan fingerprint density at radius 2 is 1.71 bits per heavy atom. The van der Waals surface area contributed by atoms with E-state index in [1.54, 1.807) is 12.1 Å². The van der Waals surface area contributed by atoms with Crippen molar-refractivity contribution in [1.29, 1.82) is 0 Å². The smallest absolute Gasteiger partial charge is 0.303 e. The fraction of sp³-hybridized carbons (Fsp3) is 0.654. The molecule has 2 aliphatic rings. The number of carbonyl (C=O) groups is 3. The van der Waals surface area contributed by atoms with Gasteiger partial charge in [-0.3, -0.25) is 14.4 Å². The van der Waals surface area contributed by atoms with Gasteiger partial charge in [0, 0.05) is 32.4 Å². The third kappa shape index (κ3) is 8.01. The Morgan fingerprint density at radius 1 is 1.06 bits per heavy atom. The number of likely N-dealkylation sites (tertiary alicyclic amines) is 1. The monoisotopic (exact) mass is 473 g/mol. The molecule has 2 heterocycles. The molecule has 1 aromatic carbocycles. The van der Waals surface area contributed by atoms with Crippen LogP contribution < -0.4 is 10.6 Å². The summed E-state index contributed by atoms with van der Waals surface area (Å²) in [5.41, 5.74) is 1.81. The van der Waals surface area contributed by atoms with Gasteiger partial charge >= 0.3 is 5.97 Å². The van der Waals surface area contributed by atoms with Crippen LogP contribution in [-0.4, -0.2) is 65.1 Å². The predicted octanol–water partition coefficient (Wildman–Crippen LogP) is 2.61. The molecule has 0 aliphatic carbocycles. The van der Waals surface area contributed by atoms with Crippen molar-refractivity contribution in [2.24, 2.45) is 11.8 Å². The van der Waals surface area contributed by atoms with Crippen LogP contribution >= 0.6 is 0 Å². The largest absolute Gasteiger partial charge is 0.508 e. The molecule has 8 nitrogen and oxygen atoms in total. The molecule has 4 N–H and O–H groups in total. The number of nitrogens with one attached hydrogen (secondary N) is 2. The second kappa shape index (κ2) is 12.7. The van der Waals surface area contributed by atoms with Gasteiger partial charge in [0.2, 0.25) is 11.8 Å². The number of hydrogen-bond donors (Lipinski definition) is 4. The quantitative estimate of drug-likeness (QED) is 0.415. The van der Waals surface area contributed by atoms with Gasteiger partial charge in [-0.25, -0.2) is 0 Å². The molecule has 0 saturated carbocycles. The van der Waals surface area contributed by atoms with E-state index in [9.17, 15) is 19.5 Å². The summed E-state index contributed by atoms with van der Waals surface area (Å²) in [7, 11) is 0. The van der Waals surface area contributed by atoms with Crippen LogP contribution in [0.5, 0.6) is 5.75 Å². The Labute approximate surface area is 202 Å². The zero-order valence-corrected chi connectivity index (χ0v) is 20.2. The van der Waals surface area contributed by atoms with Gasteiger partial charge in [-0.15, -0.1) is 0 Å². The minimum atomic E-state index is -0.782. The van der Waals surface area contributed by atoms with Crippen molar-refractivity contribution in [3.63, 3.8) is 0 Å². The number of amides is 2.